The van der Waals surface area contributed by atoms with Crippen LogP contribution in [-0.4, -0.2) is 0 Å². The van der Waals surface area contributed by atoms with Gasteiger partial charge < -0.3 is 4.90 Å². The van der Waals surface area contributed by atoms with E-state index in [4.69, 9.17) is 0 Å². The lowest BCUT2D eigenvalue weighted by Crippen LogP contribution is -2.16. The van der Waals surface area contributed by atoms with Crippen LogP contribution in [0.1, 0.15) is 25.0 Å². The quantitative estimate of drug-likeness (QED) is 0.185. The standard InChI is InChI=1S/C45H33NS/c1-45(2)39-19-9-6-15-34(39)35-28-27-33(29-40(35)45)46(32-25-23-31(24-26-32)30-13-4-3-5-14-30)41-20-10-7-16-36(41)37-18-12-22-43-44(37)38-17-8-11-21-42(38)47-43/h3-29H,1-2H3. The van der Waals surface area contributed by atoms with Gasteiger partial charge in [-0.3, -0.25) is 0 Å². The zero-order valence-corrected chi connectivity index (χ0v) is 27.3. The number of benzene rings is 7. The molecule has 7 aromatic carbocycles. The molecule has 0 atom stereocenters. The topological polar surface area (TPSA) is 3.24 Å². The fourth-order valence-electron chi connectivity index (χ4n) is 7.59. The van der Waals surface area contributed by atoms with E-state index >= 15 is 0 Å². The minimum atomic E-state index is -0.0918. The first-order valence-corrected chi connectivity index (χ1v) is 17.1. The number of hydrogen-bond acceptors (Lipinski definition) is 2. The molecule has 1 aliphatic carbocycles. The third kappa shape index (κ3) is 4.44. The van der Waals surface area contributed by atoms with Gasteiger partial charge in [-0.05, 0) is 81.4 Å². The lowest BCUT2D eigenvalue weighted by Gasteiger charge is -2.30. The van der Waals surface area contributed by atoms with Gasteiger partial charge in [0.05, 0.1) is 5.69 Å². The monoisotopic (exact) mass is 619 g/mol. The summed E-state index contributed by atoms with van der Waals surface area (Å²) in [5.41, 5.74) is 13.7. The van der Waals surface area contributed by atoms with Crippen LogP contribution in [0.5, 0.6) is 0 Å². The predicted octanol–water partition coefficient (Wildman–Crippen LogP) is 13.2. The molecule has 1 aromatic heterocycles. The first kappa shape index (κ1) is 27.8. The zero-order valence-electron chi connectivity index (χ0n) is 26.4. The van der Waals surface area contributed by atoms with Gasteiger partial charge in [0.1, 0.15) is 0 Å². The van der Waals surface area contributed by atoms with Crippen LogP contribution in [-0.2, 0) is 5.41 Å². The molecule has 0 saturated carbocycles. The van der Waals surface area contributed by atoms with E-state index in [0.29, 0.717) is 0 Å². The second-order valence-corrected chi connectivity index (χ2v) is 14.0. The highest BCUT2D eigenvalue weighted by Gasteiger charge is 2.36. The Kier molecular flexibility index (Phi) is 6.41. The predicted molar refractivity (Wildman–Crippen MR) is 202 cm³/mol. The summed E-state index contributed by atoms with van der Waals surface area (Å²) >= 11 is 1.87. The molecule has 0 aliphatic heterocycles. The van der Waals surface area contributed by atoms with Crippen molar-refractivity contribution >= 4 is 48.6 Å². The summed E-state index contributed by atoms with van der Waals surface area (Å²) in [6.07, 6.45) is 0. The SMILES string of the molecule is CC1(C)c2ccccc2-c2ccc(N(c3ccc(-c4ccccc4)cc3)c3ccccc3-c3cccc4sc5ccccc5c34)cc21. The molecule has 0 saturated heterocycles. The Bertz CT molecular complexity index is 2430. The van der Waals surface area contributed by atoms with E-state index in [9.17, 15) is 0 Å². The third-order valence-corrected chi connectivity index (χ3v) is 11.0. The Labute approximate surface area is 280 Å². The highest BCUT2D eigenvalue weighted by Crippen LogP contribution is 2.52. The maximum absolute atomic E-state index is 2.46. The van der Waals surface area contributed by atoms with E-state index < -0.39 is 0 Å². The molecule has 1 nitrogen and oxygen atoms in total. The van der Waals surface area contributed by atoms with Crippen LogP contribution in [0.25, 0.3) is 53.6 Å². The second-order valence-electron chi connectivity index (χ2n) is 12.9. The van der Waals surface area contributed by atoms with Gasteiger partial charge in [0, 0.05) is 42.5 Å². The van der Waals surface area contributed by atoms with Crippen LogP contribution in [0.4, 0.5) is 17.1 Å². The molecule has 1 heterocycles. The molecular formula is C45H33NS. The highest BCUT2D eigenvalue weighted by molar-refractivity contribution is 7.25. The fraction of sp³-hybridized carbons (Fsp3) is 0.0667. The molecule has 47 heavy (non-hydrogen) atoms. The molecule has 0 fully saturated rings. The zero-order chi connectivity index (χ0) is 31.5. The largest absolute Gasteiger partial charge is 0.310 e. The van der Waals surface area contributed by atoms with Crippen molar-refractivity contribution in [2.75, 3.05) is 4.90 Å². The van der Waals surface area contributed by atoms with Crippen molar-refractivity contribution in [2.45, 2.75) is 19.3 Å². The minimum absolute atomic E-state index is 0.0918. The lowest BCUT2D eigenvalue weighted by atomic mass is 9.82. The Morgan fingerprint density at radius 2 is 1.06 bits per heavy atom. The Hall–Kier alpha value is -5.44. The number of nitrogens with zero attached hydrogens (tertiary/aromatic N) is 1. The molecule has 0 spiro atoms. The summed E-state index contributed by atoms with van der Waals surface area (Å²) in [5, 5.41) is 2.64. The number of rotatable bonds is 5. The smallest absolute Gasteiger partial charge is 0.0540 e. The van der Waals surface area contributed by atoms with Gasteiger partial charge in [-0.2, -0.15) is 0 Å². The number of hydrogen-bond donors (Lipinski definition) is 0. The fourth-order valence-corrected chi connectivity index (χ4v) is 8.72. The van der Waals surface area contributed by atoms with Gasteiger partial charge >= 0.3 is 0 Å². The average Bonchev–Trinajstić information content (AvgIpc) is 3.62. The van der Waals surface area contributed by atoms with E-state index in [0.717, 1.165) is 17.1 Å². The van der Waals surface area contributed by atoms with Gasteiger partial charge in [-0.15, -0.1) is 11.3 Å². The summed E-state index contributed by atoms with van der Waals surface area (Å²) < 4.78 is 2.63. The van der Waals surface area contributed by atoms with Crippen LogP contribution in [0.15, 0.2) is 164 Å². The van der Waals surface area contributed by atoms with Crippen molar-refractivity contribution in [3.63, 3.8) is 0 Å². The summed E-state index contributed by atoms with van der Waals surface area (Å²) in [6.45, 7) is 4.72. The molecule has 9 rings (SSSR count). The molecule has 224 valence electrons. The molecule has 0 bridgehead atoms. The van der Waals surface area contributed by atoms with E-state index in [1.807, 2.05) is 11.3 Å². The molecule has 8 aromatic rings. The average molecular weight is 620 g/mol. The second kappa shape index (κ2) is 10.8. The van der Waals surface area contributed by atoms with E-state index in [-0.39, 0.29) is 5.41 Å². The highest BCUT2D eigenvalue weighted by atomic mass is 32.1. The molecule has 0 unspecified atom stereocenters. The number of anilines is 3. The Morgan fingerprint density at radius 1 is 0.447 bits per heavy atom. The van der Waals surface area contributed by atoms with Crippen LogP contribution >= 0.6 is 11.3 Å². The number of para-hydroxylation sites is 1. The van der Waals surface area contributed by atoms with Gasteiger partial charge in [0.15, 0.2) is 0 Å². The summed E-state index contributed by atoms with van der Waals surface area (Å²) in [7, 11) is 0. The molecule has 2 heteroatoms. The van der Waals surface area contributed by atoms with Crippen molar-refractivity contribution in [1.29, 1.82) is 0 Å². The maximum atomic E-state index is 2.46. The van der Waals surface area contributed by atoms with Crippen molar-refractivity contribution in [3.05, 3.63) is 175 Å². The molecule has 0 N–H and O–H groups in total. The third-order valence-electron chi connectivity index (χ3n) is 9.90. The van der Waals surface area contributed by atoms with Gasteiger partial charge in [0.25, 0.3) is 0 Å². The molecule has 0 amide bonds. The van der Waals surface area contributed by atoms with Crippen LogP contribution in [0.2, 0.25) is 0 Å². The Morgan fingerprint density at radius 3 is 1.91 bits per heavy atom. The Balaban J connectivity index is 1.27. The van der Waals surface area contributed by atoms with Gasteiger partial charge in [0.2, 0.25) is 0 Å². The summed E-state index contributed by atoms with van der Waals surface area (Å²) in [5.74, 6) is 0. The van der Waals surface area contributed by atoms with Crippen LogP contribution in [0, 0.1) is 0 Å². The van der Waals surface area contributed by atoms with Crippen molar-refractivity contribution in [2.24, 2.45) is 0 Å². The van der Waals surface area contributed by atoms with Crippen molar-refractivity contribution in [1.82, 2.24) is 0 Å². The number of fused-ring (bicyclic) bond motifs is 6. The molecular weight excluding hydrogens is 587 g/mol. The van der Waals surface area contributed by atoms with E-state index in [2.05, 4.69) is 183 Å². The van der Waals surface area contributed by atoms with Crippen LogP contribution in [0.3, 0.4) is 0 Å². The molecule has 1 aliphatic rings. The van der Waals surface area contributed by atoms with Crippen LogP contribution < -0.4 is 4.90 Å². The maximum Gasteiger partial charge on any atom is 0.0540 e. The minimum Gasteiger partial charge on any atom is -0.310 e. The summed E-state index contributed by atoms with van der Waals surface area (Å²) in [6, 6.07) is 60.1. The summed E-state index contributed by atoms with van der Waals surface area (Å²) in [4.78, 5) is 2.46. The van der Waals surface area contributed by atoms with Gasteiger partial charge in [-0.25, -0.2) is 0 Å². The van der Waals surface area contributed by atoms with Crippen molar-refractivity contribution in [3.8, 4) is 33.4 Å². The first-order chi connectivity index (χ1) is 23.1. The van der Waals surface area contributed by atoms with E-state index in [1.54, 1.807) is 0 Å². The van der Waals surface area contributed by atoms with E-state index in [1.165, 1.54) is 64.7 Å². The van der Waals surface area contributed by atoms with Gasteiger partial charge in [-0.1, -0.05) is 135 Å². The lowest BCUT2D eigenvalue weighted by molar-refractivity contribution is 0.660. The van der Waals surface area contributed by atoms with Crippen molar-refractivity contribution < 1.29 is 0 Å². The number of thiophene rings is 1. The normalized spacial score (nSPS) is 13.1. The molecule has 0 radical (unpaired) electrons. The first-order valence-electron chi connectivity index (χ1n) is 16.3.